The first-order chi connectivity index (χ1) is 9.46. The van der Waals surface area contributed by atoms with E-state index in [-0.39, 0.29) is 11.2 Å². The van der Waals surface area contributed by atoms with Gasteiger partial charge in [0, 0.05) is 32.6 Å². The lowest BCUT2D eigenvalue weighted by Crippen LogP contribution is -2.52. The van der Waals surface area contributed by atoms with Crippen molar-refractivity contribution in [2.75, 3.05) is 31.6 Å². The van der Waals surface area contributed by atoms with Crippen molar-refractivity contribution in [1.29, 1.82) is 0 Å². The van der Waals surface area contributed by atoms with E-state index in [2.05, 4.69) is 9.97 Å². The third kappa shape index (κ3) is 2.62. The highest BCUT2D eigenvalue weighted by molar-refractivity contribution is 7.90. The fourth-order valence-electron chi connectivity index (χ4n) is 2.41. The largest absolute Gasteiger partial charge is 0.340 e. The van der Waals surface area contributed by atoms with Gasteiger partial charge >= 0.3 is 0 Å². The molecule has 2 fully saturated rings. The third-order valence-corrected chi connectivity index (χ3v) is 6.07. The average Bonchev–Trinajstić information content (AvgIpc) is 3.18. The Labute approximate surface area is 117 Å². The second-order valence-corrected chi connectivity index (χ2v) is 7.82. The van der Waals surface area contributed by atoms with Crippen LogP contribution in [0.1, 0.15) is 12.8 Å². The summed E-state index contributed by atoms with van der Waals surface area (Å²) < 4.78 is 38.2. The smallest absolute Gasteiger partial charge is 0.225 e. The Kier molecular flexibility index (Phi) is 3.37. The fourth-order valence-corrected chi connectivity index (χ4v) is 4.06. The van der Waals surface area contributed by atoms with E-state index in [4.69, 9.17) is 0 Å². The van der Waals surface area contributed by atoms with Gasteiger partial charge in [-0.3, -0.25) is 0 Å². The van der Waals surface area contributed by atoms with Crippen molar-refractivity contribution in [3.8, 4) is 0 Å². The van der Waals surface area contributed by atoms with Gasteiger partial charge in [-0.15, -0.1) is 0 Å². The molecule has 0 amide bonds. The second-order valence-electron chi connectivity index (χ2n) is 5.50. The number of hydrogen-bond acceptors (Lipinski definition) is 5. The minimum Gasteiger partial charge on any atom is -0.340 e. The van der Waals surface area contributed by atoms with Crippen LogP contribution in [-0.2, 0) is 10.0 Å². The van der Waals surface area contributed by atoms with Crippen molar-refractivity contribution in [3.63, 3.8) is 0 Å². The van der Waals surface area contributed by atoms with E-state index in [1.807, 2.05) is 4.90 Å². The molecule has 110 valence electrons. The Morgan fingerprint density at radius 2 is 1.95 bits per heavy atom. The van der Waals surface area contributed by atoms with Gasteiger partial charge in [0.1, 0.15) is 0 Å². The standard InChI is InChI=1S/C12H17FN4O2S/c1-16(20(18,19)11-2-3-11)6-9-7-17(8-9)12-14-4-10(13)5-15-12/h4-5,9,11H,2-3,6-8H2,1H3. The molecule has 6 nitrogen and oxygen atoms in total. The Hall–Kier alpha value is -1.28. The molecule has 1 aliphatic carbocycles. The highest BCUT2D eigenvalue weighted by Gasteiger charge is 2.40. The lowest BCUT2D eigenvalue weighted by atomic mass is 10.0. The highest BCUT2D eigenvalue weighted by Crippen LogP contribution is 2.31. The summed E-state index contributed by atoms with van der Waals surface area (Å²) in [6, 6.07) is 0. The zero-order valence-corrected chi connectivity index (χ0v) is 12.1. The predicted octanol–water partition coefficient (Wildman–Crippen LogP) is 0.476. The van der Waals surface area contributed by atoms with Gasteiger partial charge in [-0.1, -0.05) is 0 Å². The van der Waals surface area contributed by atoms with Crippen LogP contribution in [-0.4, -0.2) is 54.6 Å². The van der Waals surface area contributed by atoms with Crippen molar-refractivity contribution in [2.24, 2.45) is 5.92 Å². The van der Waals surface area contributed by atoms with Crippen LogP contribution in [0.4, 0.5) is 10.3 Å². The number of nitrogens with zero attached hydrogens (tertiary/aromatic N) is 4. The zero-order valence-electron chi connectivity index (χ0n) is 11.2. The van der Waals surface area contributed by atoms with E-state index >= 15 is 0 Å². The molecule has 8 heteroatoms. The van der Waals surface area contributed by atoms with E-state index in [1.54, 1.807) is 7.05 Å². The summed E-state index contributed by atoms with van der Waals surface area (Å²) in [6.07, 6.45) is 3.85. The SMILES string of the molecule is CN(CC1CN(c2ncc(F)cn2)C1)S(=O)(=O)C1CC1. The molecule has 1 saturated heterocycles. The number of halogens is 1. The summed E-state index contributed by atoms with van der Waals surface area (Å²) in [7, 11) is -1.45. The molecular formula is C12H17FN4O2S. The molecule has 2 aliphatic rings. The van der Waals surface area contributed by atoms with E-state index in [0.29, 0.717) is 25.6 Å². The third-order valence-electron chi connectivity index (χ3n) is 3.74. The molecule has 0 N–H and O–H groups in total. The first-order valence-electron chi connectivity index (χ1n) is 6.64. The van der Waals surface area contributed by atoms with E-state index in [9.17, 15) is 12.8 Å². The van der Waals surface area contributed by atoms with Gasteiger partial charge in [0.15, 0.2) is 5.82 Å². The number of sulfonamides is 1. The summed E-state index contributed by atoms with van der Waals surface area (Å²) >= 11 is 0. The van der Waals surface area contributed by atoms with Gasteiger partial charge in [-0.25, -0.2) is 27.1 Å². The zero-order chi connectivity index (χ0) is 14.3. The molecule has 1 aromatic rings. The highest BCUT2D eigenvalue weighted by atomic mass is 32.2. The minimum absolute atomic E-state index is 0.163. The van der Waals surface area contributed by atoms with Crippen LogP contribution in [0.2, 0.25) is 0 Å². The van der Waals surface area contributed by atoms with Crippen molar-refractivity contribution in [2.45, 2.75) is 18.1 Å². The van der Waals surface area contributed by atoms with Crippen molar-refractivity contribution >= 4 is 16.0 Å². The van der Waals surface area contributed by atoms with Gasteiger partial charge < -0.3 is 4.90 Å². The average molecular weight is 300 g/mol. The molecule has 1 saturated carbocycles. The maximum atomic E-state index is 12.7. The van der Waals surface area contributed by atoms with Crippen molar-refractivity contribution in [3.05, 3.63) is 18.2 Å². The first-order valence-corrected chi connectivity index (χ1v) is 8.15. The number of hydrogen-bond donors (Lipinski definition) is 0. The van der Waals surface area contributed by atoms with Crippen LogP contribution < -0.4 is 4.90 Å². The van der Waals surface area contributed by atoms with Gasteiger partial charge in [0.05, 0.1) is 17.6 Å². The Morgan fingerprint density at radius 3 is 2.50 bits per heavy atom. The first kappa shape index (κ1) is 13.7. The number of rotatable bonds is 5. The normalized spacial score (nSPS) is 20.2. The minimum atomic E-state index is -3.09. The summed E-state index contributed by atoms with van der Waals surface area (Å²) in [5, 5.41) is -0.163. The quantitative estimate of drug-likeness (QED) is 0.791. The maximum Gasteiger partial charge on any atom is 0.225 e. The molecule has 2 heterocycles. The van der Waals surface area contributed by atoms with Crippen LogP contribution in [0, 0.1) is 11.7 Å². The Balaban J connectivity index is 1.52. The van der Waals surface area contributed by atoms with E-state index in [0.717, 1.165) is 25.2 Å². The summed E-state index contributed by atoms with van der Waals surface area (Å²) in [4.78, 5) is 9.74. The van der Waals surface area contributed by atoms with E-state index in [1.165, 1.54) is 4.31 Å². The van der Waals surface area contributed by atoms with Crippen LogP contribution in [0.5, 0.6) is 0 Å². The van der Waals surface area contributed by atoms with Gasteiger partial charge in [-0.2, -0.15) is 0 Å². The molecule has 0 unspecified atom stereocenters. The lowest BCUT2D eigenvalue weighted by Gasteiger charge is -2.40. The molecule has 0 aromatic carbocycles. The Morgan fingerprint density at radius 1 is 1.35 bits per heavy atom. The molecule has 1 aromatic heterocycles. The predicted molar refractivity (Wildman–Crippen MR) is 72.3 cm³/mol. The molecule has 3 rings (SSSR count). The molecule has 0 radical (unpaired) electrons. The topological polar surface area (TPSA) is 66.4 Å². The summed E-state index contributed by atoms with van der Waals surface area (Å²) in [6.45, 7) is 1.93. The molecule has 0 bridgehead atoms. The van der Waals surface area contributed by atoms with Crippen LogP contribution >= 0.6 is 0 Å². The number of aromatic nitrogens is 2. The van der Waals surface area contributed by atoms with Crippen LogP contribution in [0.15, 0.2) is 12.4 Å². The van der Waals surface area contributed by atoms with Gasteiger partial charge in [0.25, 0.3) is 0 Å². The summed E-state index contributed by atoms with van der Waals surface area (Å²) in [5.74, 6) is 0.318. The molecule has 0 spiro atoms. The van der Waals surface area contributed by atoms with Crippen molar-refractivity contribution in [1.82, 2.24) is 14.3 Å². The second kappa shape index (κ2) is 4.92. The molecule has 20 heavy (non-hydrogen) atoms. The van der Waals surface area contributed by atoms with Crippen LogP contribution in [0.3, 0.4) is 0 Å². The fraction of sp³-hybridized carbons (Fsp3) is 0.667. The van der Waals surface area contributed by atoms with Crippen LogP contribution in [0.25, 0.3) is 0 Å². The Bertz CT molecular complexity index is 582. The van der Waals surface area contributed by atoms with Crippen molar-refractivity contribution < 1.29 is 12.8 Å². The van der Waals surface area contributed by atoms with Gasteiger partial charge in [0.2, 0.25) is 16.0 Å². The maximum absolute atomic E-state index is 12.7. The molecule has 1 aliphatic heterocycles. The molecule has 0 atom stereocenters. The monoisotopic (exact) mass is 300 g/mol. The lowest BCUT2D eigenvalue weighted by molar-refractivity contribution is 0.323. The van der Waals surface area contributed by atoms with Gasteiger partial charge in [-0.05, 0) is 12.8 Å². The van der Waals surface area contributed by atoms with E-state index < -0.39 is 15.8 Å². The summed E-state index contributed by atoms with van der Waals surface area (Å²) in [5.41, 5.74) is 0. The molecular weight excluding hydrogens is 283 g/mol. The number of anilines is 1.